The topological polar surface area (TPSA) is 91.5 Å². The molecule has 2 aliphatic heterocycles. The van der Waals surface area contributed by atoms with E-state index < -0.39 is 10.0 Å². The zero-order valence-electron chi connectivity index (χ0n) is 17.1. The number of carbonyl (C=O) groups is 1. The Hall–Kier alpha value is -2.68. The van der Waals surface area contributed by atoms with E-state index in [0.717, 1.165) is 35.7 Å². The number of aromatic amines is 1. The second kappa shape index (κ2) is 8.11. The minimum absolute atomic E-state index is 0.0849. The van der Waals surface area contributed by atoms with Crippen LogP contribution in [0.1, 0.15) is 34.5 Å². The Bertz CT molecular complexity index is 1230. The van der Waals surface area contributed by atoms with Gasteiger partial charge in [-0.1, -0.05) is 24.3 Å². The molecule has 1 unspecified atom stereocenters. The van der Waals surface area contributed by atoms with Gasteiger partial charge in [0.25, 0.3) is 5.91 Å². The predicted molar refractivity (Wildman–Crippen MR) is 117 cm³/mol. The molecule has 2 N–H and O–H groups in total. The molecule has 3 heterocycles. The number of hydrogen-bond donors (Lipinski definition) is 2. The summed E-state index contributed by atoms with van der Waals surface area (Å²) >= 11 is 0. The lowest BCUT2D eigenvalue weighted by molar-refractivity contribution is 0.0735. The van der Waals surface area contributed by atoms with Gasteiger partial charge in [0, 0.05) is 60.4 Å². The molecule has 0 saturated carbocycles. The number of nitrogens with one attached hydrogen (secondary N) is 2. The molecule has 1 fully saturated rings. The molecule has 1 amide bonds. The summed E-state index contributed by atoms with van der Waals surface area (Å²) in [6.07, 6.45) is 2.46. The lowest BCUT2D eigenvalue weighted by Crippen LogP contribution is -2.36. The highest BCUT2D eigenvalue weighted by molar-refractivity contribution is 7.89. The average Bonchev–Trinajstić information content (AvgIpc) is 3.44. The number of ether oxygens (including phenoxy) is 1. The maximum Gasteiger partial charge on any atom is 0.254 e. The quantitative estimate of drug-likeness (QED) is 0.640. The van der Waals surface area contributed by atoms with E-state index in [-0.39, 0.29) is 23.5 Å². The van der Waals surface area contributed by atoms with Crippen LogP contribution in [0, 0.1) is 0 Å². The van der Waals surface area contributed by atoms with Gasteiger partial charge in [0.1, 0.15) is 0 Å². The van der Waals surface area contributed by atoms with E-state index in [1.165, 1.54) is 17.8 Å². The Labute approximate surface area is 181 Å². The molecule has 1 saturated heterocycles. The third-order valence-corrected chi connectivity index (χ3v) is 7.51. The summed E-state index contributed by atoms with van der Waals surface area (Å²) in [6, 6.07) is 14.4. The smallest absolute Gasteiger partial charge is 0.254 e. The molecular weight excluding hydrogens is 414 g/mol. The molecule has 1 aromatic heterocycles. The van der Waals surface area contributed by atoms with Crippen LogP contribution in [0.2, 0.25) is 0 Å². The fourth-order valence-corrected chi connectivity index (χ4v) is 5.52. The monoisotopic (exact) mass is 439 g/mol. The van der Waals surface area contributed by atoms with Crippen molar-refractivity contribution in [1.82, 2.24) is 14.6 Å². The minimum Gasteiger partial charge on any atom is -0.377 e. The van der Waals surface area contributed by atoms with Crippen molar-refractivity contribution < 1.29 is 17.9 Å². The number of aromatic nitrogens is 1. The standard InChI is InChI=1S/C23H25N3O4S/c27-23(26-11-10-22-20(15-26)19-8-1-2-9-21(19)25-22)16-5-3-7-18(13-16)31(28,29)24-14-17-6-4-12-30-17/h1-3,5,7-9,13,17,24-25H,4,6,10-12,14-15H2. The molecule has 0 radical (unpaired) electrons. The summed E-state index contributed by atoms with van der Waals surface area (Å²) in [6.45, 7) is 2.01. The fourth-order valence-electron chi connectivity index (χ4n) is 4.41. The largest absolute Gasteiger partial charge is 0.377 e. The average molecular weight is 440 g/mol. The van der Waals surface area contributed by atoms with E-state index >= 15 is 0 Å². The first-order chi connectivity index (χ1) is 15.0. The van der Waals surface area contributed by atoms with Crippen molar-refractivity contribution in [1.29, 1.82) is 0 Å². The highest BCUT2D eigenvalue weighted by Crippen LogP contribution is 2.28. The molecule has 5 rings (SSSR count). The highest BCUT2D eigenvalue weighted by atomic mass is 32.2. The van der Waals surface area contributed by atoms with E-state index in [2.05, 4.69) is 15.8 Å². The number of rotatable bonds is 5. The van der Waals surface area contributed by atoms with Gasteiger partial charge in [-0.25, -0.2) is 13.1 Å². The van der Waals surface area contributed by atoms with Crippen molar-refractivity contribution in [3.63, 3.8) is 0 Å². The lowest BCUT2D eigenvalue weighted by atomic mass is 10.0. The van der Waals surface area contributed by atoms with Gasteiger partial charge in [0.15, 0.2) is 0 Å². The first kappa shape index (κ1) is 20.2. The number of para-hydroxylation sites is 1. The molecule has 162 valence electrons. The van der Waals surface area contributed by atoms with Crippen LogP contribution >= 0.6 is 0 Å². The molecule has 8 heteroatoms. The van der Waals surface area contributed by atoms with Gasteiger partial charge in [-0.3, -0.25) is 4.79 Å². The number of benzene rings is 2. The van der Waals surface area contributed by atoms with E-state index in [1.54, 1.807) is 17.0 Å². The van der Waals surface area contributed by atoms with Crippen LogP contribution in [-0.4, -0.2) is 50.0 Å². The predicted octanol–water partition coefficient (Wildman–Crippen LogP) is 2.82. The first-order valence-electron chi connectivity index (χ1n) is 10.6. The summed E-state index contributed by atoms with van der Waals surface area (Å²) in [5.41, 5.74) is 3.76. The SMILES string of the molecule is O=C(c1cccc(S(=O)(=O)NCC2CCCO2)c1)N1CCc2[nH]c3ccccc3c2C1. The number of amides is 1. The molecule has 0 spiro atoms. The maximum atomic E-state index is 13.2. The second-order valence-corrected chi connectivity index (χ2v) is 9.89. The van der Waals surface area contributed by atoms with Gasteiger partial charge in [0.2, 0.25) is 10.0 Å². The zero-order chi connectivity index (χ0) is 21.4. The van der Waals surface area contributed by atoms with Crippen molar-refractivity contribution in [3.05, 3.63) is 65.4 Å². The van der Waals surface area contributed by atoms with Crippen LogP contribution < -0.4 is 4.72 Å². The van der Waals surface area contributed by atoms with Crippen molar-refractivity contribution in [2.45, 2.75) is 36.8 Å². The van der Waals surface area contributed by atoms with Crippen molar-refractivity contribution in [2.75, 3.05) is 19.7 Å². The van der Waals surface area contributed by atoms with Crippen molar-refractivity contribution >= 4 is 26.8 Å². The summed E-state index contributed by atoms with van der Waals surface area (Å²) in [5.74, 6) is -0.160. The van der Waals surface area contributed by atoms with Crippen LogP contribution in [0.5, 0.6) is 0 Å². The number of H-pyrrole nitrogens is 1. The van der Waals surface area contributed by atoms with Gasteiger partial charge in [-0.05, 0) is 37.1 Å². The molecular formula is C23H25N3O4S. The molecule has 0 bridgehead atoms. The van der Waals surface area contributed by atoms with Crippen LogP contribution in [0.15, 0.2) is 53.4 Å². The Morgan fingerprint density at radius 3 is 2.90 bits per heavy atom. The lowest BCUT2D eigenvalue weighted by Gasteiger charge is -2.27. The molecule has 2 aliphatic rings. The number of sulfonamides is 1. The molecule has 2 aromatic carbocycles. The summed E-state index contributed by atoms with van der Waals surface area (Å²) < 4.78 is 33.5. The van der Waals surface area contributed by atoms with Gasteiger partial charge < -0.3 is 14.6 Å². The van der Waals surface area contributed by atoms with Gasteiger partial charge in [0.05, 0.1) is 11.0 Å². The second-order valence-electron chi connectivity index (χ2n) is 8.12. The van der Waals surface area contributed by atoms with E-state index in [4.69, 9.17) is 4.74 Å². The normalized spacial score (nSPS) is 19.0. The number of carbonyl (C=O) groups excluding carboxylic acids is 1. The molecule has 31 heavy (non-hydrogen) atoms. The first-order valence-corrected chi connectivity index (χ1v) is 12.1. The van der Waals surface area contributed by atoms with Gasteiger partial charge in [-0.2, -0.15) is 0 Å². The third-order valence-electron chi connectivity index (χ3n) is 6.09. The third kappa shape index (κ3) is 3.98. The Kier molecular flexibility index (Phi) is 5.29. The van der Waals surface area contributed by atoms with Crippen LogP contribution in [0.3, 0.4) is 0 Å². The molecule has 0 aliphatic carbocycles. The molecule has 3 aromatic rings. The van der Waals surface area contributed by atoms with Gasteiger partial charge >= 0.3 is 0 Å². The fraction of sp³-hybridized carbons (Fsp3) is 0.348. The van der Waals surface area contributed by atoms with Crippen LogP contribution in [0.25, 0.3) is 10.9 Å². The highest BCUT2D eigenvalue weighted by Gasteiger charge is 2.26. The van der Waals surface area contributed by atoms with E-state index in [0.29, 0.717) is 25.3 Å². The number of hydrogen-bond acceptors (Lipinski definition) is 4. The zero-order valence-corrected chi connectivity index (χ0v) is 18.0. The van der Waals surface area contributed by atoms with Gasteiger partial charge in [-0.15, -0.1) is 0 Å². The Morgan fingerprint density at radius 2 is 2.06 bits per heavy atom. The van der Waals surface area contributed by atoms with Crippen LogP contribution in [0.4, 0.5) is 0 Å². The van der Waals surface area contributed by atoms with E-state index in [1.807, 2.05) is 18.2 Å². The summed E-state index contributed by atoms with van der Waals surface area (Å²) in [5, 5.41) is 1.13. The van der Waals surface area contributed by atoms with E-state index in [9.17, 15) is 13.2 Å². The molecule has 7 nitrogen and oxygen atoms in total. The number of fused-ring (bicyclic) bond motifs is 3. The van der Waals surface area contributed by atoms with Crippen molar-refractivity contribution in [2.24, 2.45) is 0 Å². The Morgan fingerprint density at radius 1 is 1.19 bits per heavy atom. The Balaban J connectivity index is 1.34. The molecule has 1 atom stereocenters. The summed E-state index contributed by atoms with van der Waals surface area (Å²) in [4.78, 5) is 18.5. The van der Waals surface area contributed by atoms with Crippen LogP contribution in [-0.2, 0) is 27.7 Å². The summed E-state index contributed by atoms with van der Waals surface area (Å²) in [7, 11) is -3.71. The maximum absolute atomic E-state index is 13.2. The van der Waals surface area contributed by atoms with Crippen molar-refractivity contribution in [3.8, 4) is 0 Å². The number of nitrogens with zero attached hydrogens (tertiary/aromatic N) is 1. The minimum atomic E-state index is -3.71.